The Morgan fingerprint density at radius 1 is 1.35 bits per heavy atom. The van der Waals surface area contributed by atoms with Crippen LogP contribution in [0.15, 0.2) is 40.2 Å². The SMILES string of the molecule is CC1(C)CCC(NCc2cc(Br)cs2)c2ccccc21. The maximum atomic E-state index is 3.73. The lowest BCUT2D eigenvalue weighted by Crippen LogP contribution is -2.32. The van der Waals surface area contributed by atoms with Crippen LogP contribution in [0.1, 0.15) is 48.7 Å². The molecule has 1 N–H and O–H groups in total. The highest BCUT2D eigenvalue weighted by Gasteiger charge is 2.31. The van der Waals surface area contributed by atoms with Crippen LogP contribution in [0.5, 0.6) is 0 Å². The van der Waals surface area contributed by atoms with E-state index < -0.39 is 0 Å². The van der Waals surface area contributed by atoms with Gasteiger partial charge in [-0.1, -0.05) is 38.1 Å². The van der Waals surface area contributed by atoms with E-state index in [-0.39, 0.29) is 0 Å². The third-order valence-electron chi connectivity index (χ3n) is 4.27. The zero-order chi connectivity index (χ0) is 14.2. The Labute approximate surface area is 133 Å². The van der Waals surface area contributed by atoms with E-state index >= 15 is 0 Å². The first-order valence-corrected chi connectivity index (χ1v) is 8.79. The highest BCUT2D eigenvalue weighted by atomic mass is 79.9. The highest BCUT2D eigenvalue weighted by Crippen LogP contribution is 2.41. The molecule has 0 radical (unpaired) electrons. The van der Waals surface area contributed by atoms with Gasteiger partial charge in [0.1, 0.15) is 0 Å². The monoisotopic (exact) mass is 349 g/mol. The predicted octanol–water partition coefficient (Wildman–Crippen LogP) is 5.41. The first-order valence-electron chi connectivity index (χ1n) is 7.12. The lowest BCUT2D eigenvalue weighted by Gasteiger charge is -2.37. The summed E-state index contributed by atoms with van der Waals surface area (Å²) in [6, 6.07) is 11.6. The van der Waals surface area contributed by atoms with E-state index in [1.54, 1.807) is 0 Å². The molecule has 1 unspecified atom stereocenters. The summed E-state index contributed by atoms with van der Waals surface area (Å²) in [6.45, 7) is 5.67. The summed E-state index contributed by atoms with van der Waals surface area (Å²) in [7, 11) is 0. The number of rotatable bonds is 3. The van der Waals surface area contributed by atoms with Crippen LogP contribution in [0, 0.1) is 0 Å². The minimum atomic E-state index is 0.306. The van der Waals surface area contributed by atoms with Gasteiger partial charge in [-0.15, -0.1) is 11.3 Å². The lowest BCUT2D eigenvalue weighted by molar-refractivity contribution is 0.358. The molecule has 1 aromatic carbocycles. The van der Waals surface area contributed by atoms with Crippen molar-refractivity contribution in [3.05, 3.63) is 56.2 Å². The molecule has 3 heteroatoms. The molecule has 1 atom stereocenters. The Kier molecular flexibility index (Phi) is 4.02. The zero-order valence-electron chi connectivity index (χ0n) is 11.9. The Morgan fingerprint density at radius 2 is 2.15 bits per heavy atom. The van der Waals surface area contributed by atoms with Crippen molar-refractivity contribution in [2.45, 2.75) is 44.7 Å². The van der Waals surface area contributed by atoms with E-state index in [0.29, 0.717) is 11.5 Å². The van der Waals surface area contributed by atoms with Gasteiger partial charge in [0.2, 0.25) is 0 Å². The number of hydrogen-bond donors (Lipinski definition) is 1. The average molecular weight is 350 g/mol. The van der Waals surface area contributed by atoms with E-state index in [1.807, 2.05) is 11.3 Å². The van der Waals surface area contributed by atoms with Gasteiger partial charge in [-0.3, -0.25) is 0 Å². The van der Waals surface area contributed by atoms with Gasteiger partial charge in [-0.2, -0.15) is 0 Å². The zero-order valence-corrected chi connectivity index (χ0v) is 14.4. The second kappa shape index (κ2) is 5.63. The summed E-state index contributed by atoms with van der Waals surface area (Å²) in [5.41, 5.74) is 3.30. The number of halogens is 1. The first-order chi connectivity index (χ1) is 9.56. The molecule has 0 saturated heterocycles. The summed E-state index contributed by atoms with van der Waals surface area (Å²) < 4.78 is 1.18. The Morgan fingerprint density at radius 3 is 2.90 bits per heavy atom. The first kappa shape index (κ1) is 14.3. The van der Waals surface area contributed by atoms with Gasteiger partial charge < -0.3 is 5.32 Å². The lowest BCUT2D eigenvalue weighted by atomic mass is 9.71. The quantitative estimate of drug-likeness (QED) is 0.780. The normalized spacial score (nSPS) is 20.6. The Balaban J connectivity index is 1.78. The molecule has 0 amide bonds. The fourth-order valence-corrected chi connectivity index (χ4v) is 4.50. The number of fused-ring (bicyclic) bond motifs is 1. The van der Waals surface area contributed by atoms with Crippen LogP contribution in [0.2, 0.25) is 0 Å². The molecule has 1 aliphatic carbocycles. The van der Waals surface area contributed by atoms with Crippen molar-refractivity contribution in [2.24, 2.45) is 0 Å². The number of benzene rings is 1. The van der Waals surface area contributed by atoms with Gasteiger partial charge in [-0.25, -0.2) is 0 Å². The molecule has 1 aliphatic rings. The number of thiophene rings is 1. The van der Waals surface area contributed by atoms with Gasteiger partial charge in [0.05, 0.1) is 0 Å². The summed E-state index contributed by atoms with van der Waals surface area (Å²) in [4.78, 5) is 1.39. The molecule has 20 heavy (non-hydrogen) atoms. The number of hydrogen-bond acceptors (Lipinski definition) is 2. The number of nitrogens with one attached hydrogen (secondary N) is 1. The van der Waals surface area contributed by atoms with Crippen molar-refractivity contribution < 1.29 is 0 Å². The fraction of sp³-hybridized carbons (Fsp3) is 0.412. The van der Waals surface area contributed by atoms with Gasteiger partial charge in [0.25, 0.3) is 0 Å². The third kappa shape index (κ3) is 2.85. The molecular weight excluding hydrogens is 330 g/mol. The Bertz CT molecular complexity index is 603. The second-order valence-electron chi connectivity index (χ2n) is 6.17. The maximum Gasteiger partial charge on any atom is 0.0326 e. The van der Waals surface area contributed by atoms with Crippen LogP contribution in [0.3, 0.4) is 0 Å². The molecule has 3 rings (SSSR count). The van der Waals surface area contributed by atoms with Crippen molar-refractivity contribution in [1.29, 1.82) is 0 Å². The minimum Gasteiger partial charge on any atom is -0.305 e. The van der Waals surface area contributed by atoms with Crippen LogP contribution in [-0.4, -0.2) is 0 Å². The summed E-state index contributed by atoms with van der Waals surface area (Å²) in [5, 5.41) is 5.88. The molecule has 1 nitrogen and oxygen atoms in total. The van der Waals surface area contributed by atoms with Gasteiger partial charge in [0, 0.05) is 27.3 Å². The molecule has 0 spiro atoms. The molecule has 1 heterocycles. The molecule has 0 fully saturated rings. The summed E-state index contributed by atoms with van der Waals surface area (Å²) in [6.07, 6.45) is 2.46. The van der Waals surface area contributed by atoms with Crippen LogP contribution in [0.4, 0.5) is 0 Å². The van der Waals surface area contributed by atoms with Crippen LogP contribution >= 0.6 is 27.3 Å². The van der Waals surface area contributed by atoms with Gasteiger partial charge >= 0.3 is 0 Å². The molecule has 106 valence electrons. The summed E-state index contributed by atoms with van der Waals surface area (Å²) >= 11 is 5.33. The predicted molar refractivity (Wildman–Crippen MR) is 90.3 cm³/mol. The smallest absolute Gasteiger partial charge is 0.0326 e. The van der Waals surface area contributed by atoms with Crippen molar-refractivity contribution in [1.82, 2.24) is 5.32 Å². The van der Waals surface area contributed by atoms with E-state index in [0.717, 1.165) is 6.54 Å². The Hall–Kier alpha value is -0.640. The van der Waals surface area contributed by atoms with E-state index in [9.17, 15) is 0 Å². The van der Waals surface area contributed by atoms with Crippen molar-refractivity contribution in [2.75, 3.05) is 0 Å². The van der Waals surface area contributed by atoms with Crippen molar-refractivity contribution in [3.63, 3.8) is 0 Å². The highest BCUT2D eigenvalue weighted by molar-refractivity contribution is 9.10. The third-order valence-corrected chi connectivity index (χ3v) is 5.97. The molecule has 0 bridgehead atoms. The molecule has 1 aromatic heterocycles. The largest absolute Gasteiger partial charge is 0.305 e. The fourth-order valence-electron chi connectivity index (χ4n) is 3.09. The second-order valence-corrected chi connectivity index (χ2v) is 8.09. The molecule has 0 saturated carbocycles. The standard InChI is InChI=1S/C17H20BrNS/c1-17(2)8-7-16(14-5-3-4-6-15(14)17)19-10-13-9-12(18)11-20-13/h3-6,9,11,16,19H,7-8,10H2,1-2H3. The van der Waals surface area contributed by atoms with Crippen LogP contribution in [0.25, 0.3) is 0 Å². The minimum absolute atomic E-state index is 0.306. The average Bonchev–Trinajstić information content (AvgIpc) is 2.84. The van der Waals surface area contributed by atoms with Gasteiger partial charge in [-0.05, 0) is 51.4 Å². The molecular formula is C17H20BrNS. The topological polar surface area (TPSA) is 12.0 Å². The van der Waals surface area contributed by atoms with E-state index in [2.05, 4.69) is 70.8 Å². The van der Waals surface area contributed by atoms with E-state index in [1.165, 1.54) is 33.3 Å². The molecule has 0 aliphatic heterocycles. The molecule has 2 aromatic rings. The van der Waals surface area contributed by atoms with Crippen molar-refractivity contribution in [3.8, 4) is 0 Å². The van der Waals surface area contributed by atoms with Gasteiger partial charge in [0.15, 0.2) is 0 Å². The summed E-state index contributed by atoms with van der Waals surface area (Å²) in [5.74, 6) is 0. The van der Waals surface area contributed by atoms with E-state index in [4.69, 9.17) is 0 Å². The van der Waals surface area contributed by atoms with Crippen LogP contribution in [-0.2, 0) is 12.0 Å². The van der Waals surface area contributed by atoms with Crippen molar-refractivity contribution >= 4 is 27.3 Å². The maximum absolute atomic E-state index is 3.73. The van der Waals surface area contributed by atoms with Crippen LogP contribution < -0.4 is 5.32 Å².